The lowest BCUT2D eigenvalue weighted by Gasteiger charge is -2.08. The van der Waals surface area contributed by atoms with E-state index < -0.39 is 21.2 Å². The zero-order valence-corrected chi connectivity index (χ0v) is 13.5. The number of rotatable bonds is 4. The molecule has 0 aliphatic carbocycles. The molecule has 0 spiro atoms. The maximum Gasteiger partial charge on any atom is 0.411 e. The number of anilines is 1. The Hall–Kier alpha value is -1.93. The highest BCUT2D eigenvalue weighted by molar-refractivity contribution is 9.10. The van der Waals surface area contributed by atoms with Gasteiger partial charge in [-0.25, -0.2) is 4.79 Å². The van der Waals surface area contributed by atoms with E-state index in [-0.39, 0.29) is 12.3 Å². The topological polar surface area (TPSA) is 72.5 Å². The second kappa shape index (κ2) is 6.89. The van der Waals surface area contributed by atoms with Crippen LogP contribution < -0.4 is 5.32 Å². The zero-order chi connectivity index (χ0) is 16.2. The van der Waals surface area contributed by atoms with Crippen LogP contribution in [0.3, 0.4) is 0 Å². The molecule has 0 aliphatic rings. The van der Waals surface area contributed by atoms with E-state index in [1.165, 1.54) is 6.07 Å². The molecule has 0 bridgehead atoms. The van der Waals surface area contributed by atoms with Gasteiger partial charge in [-0.1, -0.05) is 46.3 Å². The maximum atomic E-state index is 13.0. The van der Waals surface area contributed by atoms with E-state index in [9.17, 15) is 17.1 Å². The molecule has 0 heterocycles. The highest BCUT2D eigenvalue weighted by Crippen LogP contribution is 2.24. The fourth-order valence-electron chi connectivity index (χ4n) is 1.65. The first-order chi connectivity index (χ1) is 10.3. The van der Waals surface area contributed by atoms with E-state index in [1.54, 1.807) is 12.1 Å². The van der Waals surface area contributed by atoms with Gasteiger partial charge in [0, 0.05) is 10.2 Å². The van der Waals surface area contributed by atoms with E-state index in [0.29, 0.717) is 4.47 Å². The van der Waals surface area contributed by atoms with Crippen LogP contribution in [0.4, 0.5) is 14.4 Å². The van der Waals surface area contributed by atoms with Crippen molar-refractivity contribution in [1.82, 2.24) is 0 Å². The largest absolute Gasteiger partial charge is 0.444 e. The van der Waals surface area contributed by atoms with Crippen molar-refractivity contribution in [2.24, 2.45) is 0 Å². The van der Waals surface area contributed by atoms with Crippen molar-refractivity contribution < 1.29 is 21.8 Å². The highest BCUT2D eigenvalue weighted by atomic mass is 79.9. The molecule has 5 nitrogen and oxygen atoms in total. The Balaban J connectivity index is 2.04. The summed E-state index contributed by atoms with van der Waals surface area (Å²) in [5, 5.41) is 2.34. The van der Waals surface area contributed by atoms with Crippen LogP contribution in [-0.4, -0.2) is 14.5 Å². The summed E-state index contributed by atoms with van der Waals surface area (Å²) < 4.78 is 40.1. The molecular formula is C14H11BrFNO4S. The molecule has 22 heavy (non-hydrogen) atoms. The summed E-state index contributed by atoms with van der Waals surface area (Å²) in [4.78, 5) is 11.1. The standard InChI is InChI=1S/C14H11BrFNO4S/c15-11-6-12(8-13(7-11)22(16,19)20)17-14(18)21-9-10-4-2-1-3-5-10/h1-8H,9H2,(H,17,18). The quantitative estimate of drug-likeness (QED) is 0.808. The molecule has 8 heteroatoms. The SMILES string of the molecule is O=C(Nc1cc(Br)cc(S(=O)(=O)F)c1)OCc1ccccc1. The first kappa shape index (κ1) is 16.4. The normalized spacial score (nSPS) is 11.0. The number of nitrogens with one attached hydrogen (secondary N) is 1. The van der Waals surface area contributed by atoms with Gasteiger partial charge in [-0.15, -0.1) is 3.89 Å². The third-order valence-electron chi connectivity index (χ3n) is 2.61. The van der Waals surface area contributed by atoms with E-state index in [1.807, 2.05) is 18.2 Å². The van der Waals surface area contributed by atoms with Gasteiger partial charge >= 0.3 is 16.3 Å². The summed E-state index contributed by atoms with van der Waals surface area (Å²) in [6.07, 6.45) is -0.774. The zero-order valence-electron chi connectivity index (χ0n) is 11.1. The van der Waals surface area contributed by atoms with Crippen LogP contribution in [-0.2, 0) is 21.6 Å². The van der Waals surface area contributed by atoms with Crippen molar-refractivity contribution in [3.8, 4) is 0 Å². The summed E-state index contributed by atoms with van der Waals surface area (Å²) >= 11 is 3.05. The number of amides is 1. The number of hydrogen-bond donors (Lipinski definition) is 1. The first-order valence-corrected chi connectivity index (χ1v) is 8.25. The van der Waals surface area contributed by atoms with Gasteiger partial charge in [0.1, 0.15) is 11.5 Å². The fraction of sp³-hybridized carbons (Fsp3) is 0.0714. The number of hydrogen-bond acceptors (Lipinski definition) is 4. The molecule has 1 amide bonds. The van der Waals surface area contributed by atoms with E-state index in [2.05, 4.69) is 21.2 Å². The lowest BCUT2D eigenvalue weighted by molar-refractivity contribution is 0.155. The Kier molecular flexibility index (Phi) is 5.15. The molecule has 1 N–H and O–H groups in total. The van der Waals surface area contributed by atoms with Crippen molar-refractivity contribution in [1.29, 1.82) is 0 Å². The number of benzene rings is 2. The number of carbonyl (C=O) groups is 1. The van der Waals surface area contributed by atoms with Gasteiger partial charge in [-0.05, 0) is 23.8 Å². The van der Waals surface area contributed by atoms with Crippen molar-refractivity contribution in [3.05, 3.63) is 58.6 Å². The van der Waals surface area contributed by atoms with Gasteiger partial charge in [0.25, 0.3) is 0 Å². The smallest absolute Gasteiger partial charge is 0.411 e. The molecule has 116 valence electrons. The minimum absolute atomic E-state index is 0.0644. The van der Waals surface area contributed by atoms with Crippen molar-refractivity contribution >= 4 is 37.9 Å². The molecule has 2 aromatic carbocycles. The van der Waals surface area contributed by atoms with Gasteiger partial charge in [0.2, 0.25) is 0 Å². The molecule has 0 radical (unpaired) electrons. The Morgan fingerprint density at radius 1 is 1.18 bits per heavy atom. The number of halogens is 2. The van der Waals surface area contributed by atoms with Crippen LogP contribution >= 0.6 is 15.9 Å². The van der Waals surface area contributed by atoms with E-state index in [0.717, 1.165) is 17.7 Å². The molecule has 2 rings (SSSR count). The molecule has 0 aromatic heterocycles. The Morgan fingerprint density at radius 3 is 2.50 bits per heavy atom. The summed E-state index contributed by atoms with van der Waals surface area (Å²) in [5.74, 6) is 0. The summed E-state index contributed by atoms with van der Waals surface area (Å²) in [6.45, 7) is 0.0644. The highest BCUT2D eigenvalue weighted by Gasteiger charge is 2.15. The molecule has 2 aromatic rings. The van der Waals surface area contributed by atoms with Crippen molar-refractivity contribution in [2.45, 2.75) is 11.5 Å². The van der Waals surface area contributed by atoms with Crippen LogP contribution in [0, 0.1) is 0 Å². The molecule has 0 fully saturated rings. The fourth-order valence-corrected chi connectivity index (χ4v) is 2.83. The van der Waals surface area contributed by atoms with Gasteiger partial charge in [-0.2, -0.15) is 8.42 Å². The van der Waals surface area contributed by atoms with E-state index >= 15 is 0 Å². The van der Waals surface area contributed by atoms with Crippen molar-refractivity contribution in [3.63, 3.8) is 0 Å². The Morgan fingerprint density at radius 2 is 1.86 bits per heavy atom. The van der Waals surface area contributed by atoms with Crippen molar-refractivity contribution in [2.75, 3.05) is 5.32 Å². The monoisotopic (exact) mass is 387 g/mol. The van der Waals surface area contributed by atoms with Crippen LogP contribution in [0.25, 0.3) is 0 Å². The van der Waals surface area contributed by atoms with Gasteiger partial charge < -0.3 is 4.74 Å². The average molecular weight is 388 g/mol. The second-order valence-electron chi connectivity index (χ2n) is 4.30. The lowest BCUT2D eigenvalue weighted by Crippen LogP contribution is -2.13. The second-order valence-corrected chi connectivity index (χ2v) is 6.56. The van der Waals surface area contributed by atoms with Gasteiger partial charge in [0.05, 0.1) is 0 Å². The molecule has 0 aliphatic heterocycles. The molecule has 0 saturated heterocycles. The van der Waals surface area contributed by atoms with E-state index in [4.69, 9.17) is 4.74 Å². The van der Waals surface area contributed by atoms with Crippen LogP contribution in [0.5, 0.6) is 0 Å². The molecule has 0 unspecified atom stereocenters. The molecule has 0 atom stereocenters. The minimum Gasteiger partial charge on any atom is -0.444 e. The lowest BCUT2D eigenvalue weighted by atomic mass is 10.2. The van der Waals surface area contributed by atoms with Crippen LogP contribution in [0.2, 0.25) is 0 Å². The Labute approximate surface area is 135 Å². The molecule has 0 saturated carbocycles. The third kappa shape index (κ3) is 4.81. The molecular weight excluding hydrogens is 377 g/mol. The third-order valence-corrected chi connectivity index (χ3v) is 3.87. The minimum atomic E-state index is -4.86. The first-order valence-electron chi connectivity index (χ1n) is 6.07. The Bertz CT molecular complexity index is 781. The maximum absolute atomic E-state index is 13.0. The summed E-state index contributed by atoms with van der Waals surface area (Å²) in [7, 11) is -4.86. The average Bonchev–Trinajstić information content (AvgIpc) is 2.45. The van der Waals surface area contributed by atoms with Crippen LogP contribution in [0.15, 0.2) is 57.9 Å². The predicted octanol–water partition coefficient (Wildman–Crippen LogP) is 3.86. The predicted molar refractivity (Wildman–Crippen MR) is 82.7 cm³/mol. The summed E-state index contributed by atoms with van der Waals surface area (Å²) in [5.41, 5.74) is 0.905. The van der Waals surface area contributed by atoms with Crippen LogP contribution in [0.1, 0.15) is 5.56 Å². The summed E-state index contributed by atoms with van der Waals surface area (Å²) in [6, 6.07) is 12.6. The van der Waals surface area contributed by atoms with Gasteiger partial charge in [-0.3, -0.25) is 5.32 Å². The number of ether oxygens (including phenoxy) is 1. The number of carbonyl (C=O) groups excluding carboxylic acids is 1. The van der Waals surface area contributed by atoms with Gasteiger partial charge in [0.15, 0.2) is 0 Å².